The lowest BCUT2D eigenvalue weighted by molar-refractivity contribution is 0.0620. The third-order valence-corrected chi connectivity index (χ3v) is 5.53. The molecule has 3 aliphatic heterocycles. The molecule has 21 heavy (non-hydrogen) atoms. The highest BCUT2D eigenvalue weighted by Crippen LogP contribution is 2.28. The minimum absolute atomic E-state index is 0.129. The predicted octanol–water partition coefficient (Wildman–Crippen LogP) is 2.26. The van der Waals surface area contributed by atoms with E-state index in [0.717, 1.165) is 32.5 Å². The van der Waals surface area contributed by atoms with Crippen LogP contribution in [0.2, 0.25) is 0 Å². The summed E-state index contributed by atoms with van der Waals surface area (Å²) in [4.78, 5) is 19.1. The molecule has 3 saturated heterocycles. The maximum absolute atomic E-state index is 13.2. The van der Waals surface area contributed by atoms with E-state index in [9.17, 15) is 9.18 Å². The summed E-state index contributed by atoms with van der Waals surface area (Å²) >= 11 is 1.25. The monoisotopic (exact) mass is 305 g/mol. The Hall–Kier alpha value is -1.53. The fraction of sp³-hybridized carbons (Fsp3) is 0.467. The molecule has 0 saturated carbocycles. The largest absolute Gasteiger partial charge is 0.346 e. The lowest BCUT2D eigenvalue weighted by Gasteiger charge is -2.44. The van der Waals surface area contributed by atoms with Gasteiger partial charge in [0, 0.05) is 12.6 Å². The Morgan fingerprint density at radius 2 is 2.19 bits per heavy atom. The van der Waals surface area contributed by atoms with E-state index in [4.69, 9.17) is 0 Å². The maximum Gasteiger partial charge on any atom is 0.280 e. The molecule has 4 heterocycles. The second-order valence-electron chi connectivity index (χ2n) is 5.85. The molecule has 3 aliphatic rings. The van der Waals surface area contributed by atoms with Gasteiger partial charge in [-0.3, -0.25) is 4.79 Å². The summed E-state index contributed by atoms with van der Waals surface area (Å²) in [7, 11) is 0. The maximum atomic E-state index is 13.2. The van der Waals surface area contributed by atoms with Crippen molar-refractivity contribution in [3.05, 3.63) is 29.0 Å². The van der Waals surface area contributed by atoms with Crippen LogP contribution in [0.15, 0.2) is 18.2 Å². The van der Waals surface area contributed by atoms with E-state index < -0.39 is 0 Å². The van der Waals surface area contributed by atoms with E-state index in [1.54, 1.807) is 6.07 Å². The molecule has 0 spiro atoms. The van der Waals surface area contributed by atoms with Crippen LogP contribution in [0.3, 0.4) is 0 Å². The van der Waals surface area contributed by atoms with Gasteiger partial charge in [-0.25, -0.2) is 9.37 Å². The van der Waals surface area contributed by atoms with Crippen LogP contribution >= 0.6 is 11.3 Å². The standard InChI is InChI=1S/C15H16FN3OS/c16-10-1-2-11-13(7-10)21-15(18-11)14(20)17-12-8-19-5-3-9(12)4-6-19/h1-2,7,9,12H,3-6,8H2,(H,17,20)/t12-/m1/s1. The van der Waals surface area contributed by atoms with Gasteiger partial charge in [0.15, 0.2) is 5.01 Å². The second-order valence-corrected chi connectivity index (χ2v) is 6.88. The van der Waals surface area contributed by atoms with Crippen molar-refractivity contribution in [2.45, 2.75) is 18.9 Å². The summed E-state index contributed by atoms with van der Waals surface area (Å²) in [6.07, 6.45) is 2.33. The Balaban J connectivity index is 1.53. The van der Waals surface area contributed by atoms with E-state index in [1.165, 1.54) is 23.5 Å². The van der Waals surface area contributed by atoms with Crippen LogP contribution in [0.4, 0.5) is 4.39 Å². The van der Waals surface area contributed by atoms with Crippen molar-refractivity contribution in [1.29, 1.82) is 0 Å². The van der Waals surface area contributed by atoms with E-state index in [1.807, 2.05) is 0 Å². The van der Waals surface area contributed by atoms with Gasteiger partial charge in [-0.05, 0) is 50.0 Å². The number of carbonyl (C=O) groups excluding carboxylic acids is 1. The Labute approximate surface area is 126 Å². The van der Waals surface area contributed by atoms with Gasteiger partial charge in [0.25, 0.3) is 5.91 Å². The van der Waals surface area contributed by atoms with Gasteiger partial charge in [0.1, 0.15) is 5.82 Å². The van der Waals surface area contributed by atoms with Crippen molar-refractivity contribution in [3.63, 3.8) is 0 Å². The number of fused-ring (bicyclic) bond motifs is 4. The zero-order valence-electron chi connectivity index (χ0n) is 11.5. The van der Waals surface area contributed by atoms with Gasteiger partial charge < -0.3 is 10.2 Å². The van der Waals surface area contributed by atoms with Crippen molar-refractivity contribution in [3.8, 4) is 0 Å². The van der Waals surface area contributed by atoms with Gasteiger partial charge in [0.2, 0.25) is 0 Å². The summed E-state index contributed by atoms with van der Waals surface area (Å²) in [6.45, 7) is 3.24. The molecule has 4 nitrogen and oxygen atoms in total. The zero-order chi connectivity index (χ0) is 14.4. The summed E-state index contributed by atoms with van der Waals surface area (Å²) < 4.78 is 13.9. The summed E-state index contributed by atoms with van der Waals surface area (Å²) in [5, 5.41) is 3.54. The van der Waals surface area contributed by atoms with Crippen LogP contribution in [0.25, 0.3) is 10.2 Å². The smallest absolute Gasteiger partial charge is 0.280 e. The molecule has 0 unspecified atom stereocenters. The number of halogens is 1. The second kappa shape index (κ2) is 5.03. The molecule has 1 aromatic heterocycles. The number of nitrogens with one attached hydrogen (secondary N) is 1. The van der Waals surface area contributed by atoms with E-state index in [2.05, 4.69) is 15.2 Å². The molecular formula is C15H16FN3OS. The SMILES string of the molecule is O=C(N[C@@H]1CN2CCC1CC2)c1nc2ccc(F)cc2s1. The first kappa shape index (κ1) is 13.2. The quantitative estimate of drug-likeness (QED) is 0.925. The summed E-state index contributed by atoms with van der Waals surface area (Å²) in [5.41, 5.74) is 0.681. The topological polar surface area (TPSA) is 45.2 Å². The van der Waals surface area contributed by atoms with E-state index in [-0.39, 0.29) is 17.8 Å². The number of benzene rings is 1. The fourth-order valence-corrected chi connectivity index (χ4v) is 4.25. The molecule has 5 rings (SSSR count). The molecule has 1 atom stereocenters. The predicted molar refractivity (Wildman–Crippen MR) is 80.0 cm³/mol. The minimum atomic E-state index is -0.296. The Morgan fingerprint density at radius 1 is 1.38 bits per heavy atom. The normalized spacial score (nSPS) is 28.0. The fourth-order valence-electron chi connectivity index (χ4n) is 3.35. The first-order chi connectivity index (χ1) is 10.2. The van der Waals surface area contributed by atoms with Gasteiger partial charge in [-0.2, -0.15) is 0 Å². The average molecular weight is 305 g/mol. The number of aromatic nitrogens is 1. The number of amides is 1. The number of rotatable bonds is 2. The van der Waals surface area contributed by atoms with Crippen molar-refractivity contribution in [2.75, 3.05) is 19.6 Å². The van der Waals surface area contributed by atoms with Crippen molar-refractivity contribution < 1.29 is 9.18 Å². The Bertz CT molecular complexity index is 693. The van der Waals surface area contributed by atoms with Crippen LogP contribution in [0.1, 0.15) is 22.6 Å². The molecule has 0 radical (unpaired) electrons. The summed E-state index contributed by atoms with van der Waals surface area (Å²) in [5.74, 6) is 0.164. The molecule has 3 fully saturated rings. The Morgan fingerprint density at radius 3 is 2.90 bits per heavy atom. The summed E-state index contributed by atoms with van der Waals surface area (Å²) in [6, 6.07) is 4.64. The first-order valence-corrected chi connectivity index (χ1v) is 8.10. The van der Waals surface area contributed by atoms with Gasteiger partial charge in [0.05, 0.1) is 10.2 Å². The highest BCUT2D eigenvalue weighted by Gasteiger charge is 2.35. The van der Waals surface area contributed by atoms with Crippen LogP contribution in [-0.2, 0) is 0 Å². The first-order valence-electron chi connectivity index (χ1n) is 7.28. The van der Waals surface area contributed by atoms with Crippen molar-refractivity contribution in [2.24, 2.45) is 5.92 Å². The van der Waals surface area contributed by atoms with Gasteiger partial charge in [-0.1, -0.05) is 0 Å². The molecule has 1 aromatic carbocycles. The lowest BCUT2D eigenvalue weighted by Crippen LogP contribution is -2.57. The third kappa shape index (κ3) is 2.42. The highest BCUT2D eigenvalue weighted by atomic mass is 32.1. The molecule has 6 heteroatoms. The highest BCUT2D eigenvalue weighted by molar-refractivity contribution is 7.20. The number of thiazole rings is 1. The lowest BCUT2D eigenvalue weighted by atomic mass is 9.84. The number of hydrogen-bond donors (Lipinski definition) is 1. The number of piperidine rings is 3. The van der Waals surface area contributed by atoms with E-state index >= 15 is 0 Å². The molecule has 110 valence electrons. The third-order valence-electron chi connectivity index (χ3n) is 4.52. The van der Waals surface area contributed by atoms with Crippen LogP contribution < -0.4 is 5.32 Å². The van der Waals surface area contributed by atoms with Crippen LogP contribution in [0.5, 0.6) is 0 Å². The zero-order valence-corrected chi connectivity index (χ0v) is 12.3. The van der Waals surface area contributed by atoms with Crippen LogP contribution in [-0.4, -0.2) is 41.5 Å². The molecule has 0 aliphatic carbocycles. The Kier molecular flexibility index (Phi) is 3.15. The number of carbonyl (C=O) groups is 1. The average Bonchev–Trinajstić information content (AvgIpc) is 2.91. The van der Waals surface area contributed by atoms with Gasteiger partial charge in [-0.15, -0.1) is 11.3 Å². The van der Waals surface area contributed by atoms with Crippen molar-refractivity contribution in [1.82, 2.24) is 15.2 Å². The molecule has 1 N–H and O–H groups in total. The van der Waals surface area contributed by atoms with Crippen LogP contribution in [0, 0.1) is 11.7 Å². The molecule has 2 aromatic rings. The van der Waals surface area contributed by atoms with Gasteiger partial charge >= 0.3 is 0 Å². The molecule has 2 bridgehead atoms. The molecule has 1 amide bonds. The number of nitrogens with zero attached hydrogens (tertiary/aromatic N) is 2. The van der Waals surface area contributed by atoms with E-state index in [0.29, 0.717) is 21.1 Å². The van der Waals surface area contributed by atoms with Crippen molar-refractivity contribution >= 4 is 27.5 Å². The number of hydrogen-bond acceptors (Lipinski definition) is 4. The minimum Gasteiger partial charge on any atom is -0.346 e. The molecular weight excluding hydrogens is 289 g/mol.